The first-order chi connectivity index (χ1) is 14.4. The van der Waals surface area contributed by atoms with E-state index in [1.807, 2.05) is 32.9 Å². The third-order valence-corrected chi connectivity index (χ3v) is 4.41. The third kappa shape index (κ3) is 8.74. The number of nitrogens with one attached hydrogen (secondary N) is 2. The van der Waals surface area contributed by atoms with Gasteiger partial charge in [-0.2, -0.15) is 0 Å². The molecule has 0 aromatic heterocycles. The molecule has 0 saturated carbocycles. The minimum atomic E-state index is -1.50. The average molecular weight is 438 g/mol. The summed E-state index contributed by atoms with van der Waals surface area (Å²) in [6.07, 6.45) is -0.868. The number of aryl methyl sites for hydroxylation is 1. The maximum atomic E-state index is 12.7. The first-order valence-electron chi connectivity index (χ1n) is 10.1. The number of rotatable bonds is 12. The van der Waals surface area contributed by atoms with E-state index in [4.69, 9.17) is 9.84 Å². The second kappa shape index (κ2) is 12.0. The molecule has 0 spiro atoms. The van der Waals surface area contributed by atoms with Crippen LogP contribution in [-0.4, -0.2) is 53.5 Å². The maximum Gasteiger partial charge on any atom is 0.305 e. The number of aliphatic carboxylic acids is 1. The molecule has 0 aliphatic rings. The lowest BCUT2D eigenvalue weighted by Gasteiger charge is -2.24. The maximum absolute atomic E-state index is 12.7. The zero-order valence-electron chi connectivity index (χ0n) is 18.5. The van der Waals surface area contributed by atoms with E-state index in [0.717, 1.165) is 5.56 Å². The van der Waals surface area contributed by atoms with E-state index in [2.05, 4.69) is 10.6 Å². The number of benzene rings is 1. The highest BCUT2D eigenvalue weighted by Gasteiger charge is 2.30. The van der Waals surface area contributed by atoms with Gasteiger partial charge in [0.1, 0.15) is 24.5 Å². The summed E-state index contributed by atoms with van der Waals surface area (Å²) in [6, 6.07) is 2.94. The molecule has 9 heteroatoms. The minimum Gasteiger partial charge on any atom is -0.491 e. The van der Waals surface area contributed by atoms with Crippen LogP contribution in [0.4, 0.5) is 4.39 Å². The summed E-state index contributed by atoms with van der Waals surface area (Å²) in [6.45, 7) is 7.60. The van der Waals surface area contributed by atoms with Gasteiger partial charge in [0.2, 0.25) is 11.8 Å². The number of ketones is 1. The molecule has 2 amide bonds. The number of halogens is 1. The molecule has 0 bridgehead atoms. The Balaban J connectivity index is 2.94. The molecule has 1 aromatic rings. The molecule has 0 saturated heterocycles. The van der Waals surface area contributed by atoms with Crippen molar-refractivity contribution in [2.24, 2.45) is 5.92 Å². The molecule has 1 unspecified atom stereocenters. The molecule has 8 nitrogen and oxygen atoms in total. The van der Waals surface area contributed by atoms with Crippen molar-refractivity contribution in [3.05, 3.63) is 29.3 Å². The van der Waals surface area contributed by atoms with Gasteiger partial charge in [-0.05, 0) is 32.8 Å². The summed E-state index contributed by atoms with van der Waals surface area (Å²) < 4.78 is 18.5. The summed E-state index contributed by atoms with van der Waals surface area (Å²) in [5, 5.41) is 13.8. The molecule has 1 aromatic carbocycles. The highest BCUT2D eigenvalue weighted by molar-refractivity contribution is 5.95. The van der Waals surface area contributed by atoms with Crippen LogP contribution in [0.5, 0.6) is 5.75 Å². The topological polar surface area (TPSA) is 122 Å². The number of ether oxygens (including phenoxy) is 1. The quantitative estimate of drug-likeness (QED) is 0.459. The van der Waals surface area contributed by atoms with Gasteiger partial charge in [-0.15, -0.1) is 0 Å². The van der Waals surface area contributed by atoms with Gasteiger partial charge < -0.3 is 20.5 Å². The van der Waals surface area contributed by atoms with E-state index in [9.17, 15) is 23.6 Å². The molecule has 1 rings (SSSR count). The van der Waals surface area contributed by atoms with Gasteiger partial charge in [-0.25, -0.2) is 4.39 Å². The molecule has 0 fully saturated rings. The first-order valence-corrected chi connectivity index (χ1v) is 10.1. The van der Waals surface area contributed by atoms with Crippen molar-refractivity contribution in [3.63, 3.8) is 0 Å². The number of carbonyl (C=O) groups is 4. The van der Waals surface area contributed by atoms with Crippen LogP contribution in [0.25, 0.3) is 0 Å². The van der Waals surface area contributed by atoms with Crippen molar-refractivity contribution >= 4 is 23.6 Å². The average Bonchev–Trinajstić information content (AvgIpc) is 2.66. The zero-order valence-corrected chi connectivity index (χ0v) is 18.5. The lowest BCUT2D eigenvalue weighted by molar-refractivity contribution is -0.140. The van der Waals surface area contributed by atoms with E-state index in [0.29, 0.717) is 11.3 Å². The summed E-state index contributed by atoms with van der Waals surface area (Å²) >= 11 is 0. The molecular weight excluding hydrogens is 407 g/mol. The Morgan fingerprint density at radius 3 is 2.26 bits per heavy atom. The molecule has 2 atom stereocenters. The summed E-state index contributed by atoms with van der Waals surface area (Å²) in [5.74, 6) is -3.39. The van der Waals surface area contributed by atoms with Gasteiger partial charge in [0.25, 0.3) is 0 Å². The number of hydrogen-bond acceptors (Lipinski definition) is 5. The SMILES string of the molecule is Cc1ccc(OC(C)C)c(CC(=O)N[C@H](C(=O)NC(CC(=O)O)C(=O)CF)C(C)C)c1. The predicted molar refractivity (Wildman–Crippen MR) is 113 cm³/mol. The fraction of sp³-hybridized carbons (Fsp3) is 0.545. The van der Waals surface area contributed by atoms with E-state index in [1.165, 1.54) is 0 Å². The van der Waals surface area contributed by atoms with Gasteiger partial charge in [-0.1, -0.05) is 31.5 Å². The molecule has 172 valence electrons. The van der Waals surface area contributed by atoms with Crippen LogP contribution in [0.1, 0.15) is 45.2 Å². The molecule has 3 N–H and O–H groups in total. The second-order valence-electron chi connectivity index (χ2n) is 8.00. The largest absolute Gasteiger partial charge is 0.491 e. The lowest BCUT2D eigenvalue weighted by Crippen LogP contribution is -2.54. The molecule has 0 heterocycles. The number of carboxylic acid groups (broad SMARTS) is 1. The number of carbonyl (C=O) groups excluding carboxylic acids is 3. The number of Topliss-reactive ketones (excluding diaryl/α,β-unsaturated/α-hetero) is 1. The van der Waals surface area contributed by atoms with Crippen molar-refractivity contribution in [1.29, 1.82) is 0 Å². The van der Waals surface area contributed by atoms with E-state index in [-0.39, 0.29) is 18.4 Å². The minimum absolute atomic E-state index is 0.0395. The molecule has 0 aliphatic heterocycles. The Morgan fingerprint density at radius 1 is 1.10 bits per heavy atom. The van der Waals surface area contributed by atoms with Crippen molar-refractivity contribution in [3.8, 4) is 5.75 Å². The van der Waals surface area contributed by atoms with Crippen LogP contribution in [-0.2, 0) is 25.6 Å². The highest BCUT2D eigenvalue weighted by atomic mass is 19.1. The van der Waals surface area contributed by atoms with Gasteiger partial charge in [0.15, 0.2) is 5.78 Å². The molecule has 31 heavy (non-hydrogen) atoms. The van der Waals surface area contributed by atoms with Crippen LogP contribution in [0, 0.1) is 12.8 Å². The number of hydrogen-bond donors (Lipinski definition) is 3. The van der Waals surface area contributed by atoms with Crippen LogP contribution < -0.4 is 15.4 Å². The molecule has 0 aliphatic carbocycles. The van der Waals surface area contributed by atoms with Crippen LogP contribution in [0.15, 0.2) is 18.2 Å². The fourth-order valence-electron chi connectivity index (χ4n) is 2.92. The van der Waals surface area contributed by atoms with Crippen LogP contribution in [0.2, 0.25) is 0 Å². The predicted octanol–water partition coefficient (Wildman–Crippen LogP) is 1.96. The zero-order chi connectivity index (χ0) is 23.7. The Bertz CT molecular complexity index is 809. The third-order valence-electron chi connectivity index (χ3n) is 4.41. The van der Waals surface area contributed by atoms with Crippen LogP contribution in [0.3, 0.4) is 0 Å². The van der Waals surface area contributed by atoms with Gasteiger partial charge in [0.05, 0.1) is 18.9 Å². The van der Waals surface area contributed by atoms with Gasteiger partial charge >= 0.3 is 5.97 Å². The molecular formula is C22H31FN2O6. The Morgan fingerprint density at radius 2 is 1.74 bits per heavy atom. The molecule has 0 radical (unpaired) electrons. The van der Waals surface area contributed by atoms with E-state index < -0.39 is 48.7 Å². The second-order valence-corrected chi connectivity index (χ2v) is 8.00. The van der Waals surface area contributed by atoms with Gasteiger partial charge in [0, 0.05) is 5.56 Å². The summed E-state index contributed by atoms with van der Waals surface area (Å²) in [4.78, 5) is 47.9. The van der Waals surface area contributed by atoms with Crippen LogP contribution >= 0.6 is 0 Å². The number of amides is 2. The van der Waals surface area contributed by atoms with E-state index in [1.54, 1.807) is 19.9 Å². The highest BCUT2D eigenvalue weighted by Crippen LogP contribution is 2.22. The fourth-order valence-corrected chi connectivity index (χ4v) is 2.92. The number of carboxylic acids is 1. The first kappa shape index (κ1) is 26.1. The monoisotopic (exact) mass is 438 g/mol. The van der Waals surface area contributed by atoms with Crippen molar-refractivity contribution in [2.45, 2.75) is 65.6 Å². The standard InChI is InChI=1S/C22H31FN2O6/c1-12(2)21(22(30)24-16(10-20(28)29)17(26)11-23)25-19(27)9-15-8-14(5)6-7-18(15)31-13(3)4/h6-8,12-13,16,21H,9-11H2,1-5H3,(H,24,30)(H,25,27)(H,28,29)/t16?,21-/m0/s1. The van der Waals surface area contributed by atoms with Crippen molar-refractivity contribution < 1.29 is 33.4 Å². The normalized spacial score (nSPS) is 12.9. The van der Waals surface area contributed by atoms with E-state index >= 15 is 0 Å². The van der Waals surface area contributed by atoms with Crippen molar-refractivity contribution in [1.82, 2.24) is 10.6 Å². The van der Waals surface area contributed by atoms with Gasteiger partial charge in [-0.3, -0.25) is 19.2 Å². The van der Waals surface area contributed by atoms with Crippen molar-refractivity contribution in [2.75, 3.05) is 6.67 Å². The lowest BCUT2D eigenvalue weighted by atomic mass is 10.0. The Labute approximate surface area is 181 Å². The Kier molecular flexibility index (Phi) is 10.1. The summed E-state index contributed by atoms with van der Waals surface area (Å²) in [5.41, 5.74) is 1.60. The number of alkyl halides is 1. The Hall–Kier alpha value is -2.97. The smallest absolute Gasteiger partial charge is 0.305 e. The summed E-state index contributed by atoms with van der Waals surface area (Å²) in [7, 11) is 0.